The highest BCUT2D eigenvalue weighted by Gasteiger charge is 2.46. The average Bonchev–Trinajstić information content (AvgIpc) is 3.25. The molecule has 2 aromatic rings. The zero-order valence-corrected chi connectivity index (χ0v) is 23.0. The van der Waals surface area contributed by atoms with Crippen molar-refractivity contribution in [3.63, 3.8) is 0 Å². The van der Waals surface area contributed by atoms with E-state index in [1.54, 1.807) is 24.0 Å². The number of ether oxygens (including phenoxy) is 1. The van der Waals surface area contributed by atoms with E-state index in [4.69, 9.17) is 10.5 Å². The number of ketones is 1. The van der Waals surface area contributed by atoms with Gasteiger partial charge in [-0.2, -0.15) is 5.26 Å². The van der Waals surface area contributed by atoms with E-state index >= 15 is 4.39 Å². The molecule has 0 fully saturated rings. The molecular weight excluding hydrogens is 569 g/mol. The monoisotopic (exact) mass is 591 g/mol. The Labute approximate surface area is 224 Å². The van der Waals surface area contributed by atoms with Crippen LogP contribution in [0.3, 0.4) is 0 Å². The number of hydrogen-bond donors (Lipinski definition) is 1. The summed E-state index contributed by atoms with van der Waals surface area (Å²) in [7, 11) is 0. The van der Waals surface area contributed by atoms with Gasteiger partial charge in [-0.05, 0) is 30.9 Å². The van der Waals surface area contributed by atoms with Crippen LogP contribution >= 0.6 is 39.0 Å². The Kier molecular flexibility index (Phi) is 7.54. The van der Waals surface area contributed by atoms with Gasteiger partial charge in [-0.15, -0.1) is 10.2 Å². The average molecular weight is 593 g/mol. The van der Waals surface area contributed by atoms with E-state index in [1.165, 1.54) is 29.2 Å². The molecule has 4 rings (SSSR count). The fraction of sp³-hybridized carbons (Fsp3) is 0.375. The molecule has 0 saturated heterocycles. The summed E-state index contributed by atoms with van der Waals surface area (Å²) in [6, 6.07) is 6.66. The third-order valence-corrected chi connectivity index (χ3v) is 8.37. The van der Waals surface area contributed by atoms with Crippen molar-refractivity contribution in [2.45, 2.75) is 43.9 Å². The Morgan fingerprint density at radius 3 is 2.83 bits per heavy atom. The summed E-state index contributed by atoms with van der Waals surface area (Å²) in [6.07, 6.45) is 0.719. The van der Waals surface area contributed by atoms with Crippen LogP contribution in [0, 0.1) is 22.6 Å². The van der Waals surface area contributed by atoms with Crippen LogP contribution in [0.2, 0.25) is 0 Å². The number of hydrogen-bond acceptors (Lipinski definition) is 10. The van der Waals surface area contributed by atoms with Crippen molar-refractivity contribution < 1.29 is 18.7 Å². The van der Waals surface area contributed by atoms with Gasteiger partial charge in [0.2, 0.25) is 5.13 Å². The van der Waals surface area contributed by atoms with Crippen LogP contribution in [0.4, 0.5) is 9.52 Å². The first-order valence-corrected chi connectivity index (χ1v) is 13.7. The second-order valence-electron chi connectivity index (χ2n) is 9.09. The number of esters is 1. The lowest BCUT2D eigenvalue weighted by Gasteiger charge is -2.42. The first kappa shape index (κ1) is 26.3. The number of anilines is 1. The van der Waals surface area contributed by atoms with E-state index in [0.29, 0.717) is 31.6 Å². The van der Waals surface area contributed by atoms with Gasteiger partial charge in [0.05, 0.1) is 29.9 Å². The molecule has 2 aliphatic rings. The quantitative estimate of drug-likeness (QED) is 0.363. The third-order valence-electron chi connectivity index (χ3n) is 5.86. The Balaban J connectivity index is 1.83. The summed E-state index contributed by atoms with van der Waals surface area (Å²) in [4.78, 5) is 26.8. The van der Waals surface area contributed by atoms with Crippen LogP contribution in [0.5, 0.6) is 0 Å². The zero-order valence-electron chi connectivity index (χ0n) is 19.8. The normalized spacial score (nSPS) is 19.3. The van der Waals surface area contributed by atoms with Crippen LogP contribution < -0.4 is 10.6 Å². The second kappa shape index (κ2) is 10.3. The smallest absolute Gasteiger partial charge is 0.316 e. The van der Waals surface area contributed by atoms with Gasteiger partial charge in [0, 0.05) is 27.7 Å². The Morgan fingerprint density at radius 2 is 2.17 bits per heavy atom. The maximum atomic E-state index is 15.1. The van der Waals surface area contributed by atoms with Crippen LogP contribution in [0.1, 0.15) is 45.1 Å². The molecule has 12 heteroatoms. The van der Waals surface area contributed by atoms with Crippen molar-refractivity contribution in [2.75, 3.05) is 17.3 Å². The molecular formula is C24H23BrFN5O3S2. The number of carbonyl (C=O) groups excluding carboxylic acids is 2. The SMILES string of the molecule is CCOC(=O)CSc1nnc(N2C(N)=C(C#N)C(c3ccc(Br)cc3F)C3=C2CC(C)(C)CC3=O)s1. The van der Waals surface area contributed by atoms with Crippen molar-refractivity contribution >= 4 is 55.9 Å². The molecule has 0 spiro atoms. The van der Waals surface area contributed by atoms with Gasteiger partial charge >= 0.3 is 5.97 Å². The predicted molar refractivity (Wildman–Crippen MR) is 138 cm³/mol. The molecule has 36 heavy (non-hydrogen) atoms. The topological polar surface area (TPSA) is 122 Å². The van der Waals surface area contributed by atoms with E-state index in [-0.39, 0.29) is 52.9 Å². The lowest BCUT2D eigenvalue weighted by atomic mass is 9.68. The van der Waals surface area contributed by atoms with Gasteiger partial charge in [-0.3, -0.25) is 14.5 Å². The minimum Gasteiger partial charge on any atom is -0.465 e. The van der Waals surface area contributed by atoms with Crippen LogP contribution in [0.25, 0.3) is 0 Å². The Bertz CT molecular complexity index is 1350. The summed E-state index contributed by atoms with van der Waals surface area (Å²) in [5, 5.41) is 18.9. The van der Waals surface area contributed by atoms with Crippen molar-refractivity contribution in [1.29, 1.82) is 5.26 Å². The van der Waals surface area contributed by atoms with Crippen molar-refractivity contribution in [2.24, 2.45) is 11.1 Å². The molecule has 1 aliphatic carbocycles. The lowest BCUT2D eigenvalue weighted by Crippen LogP contribution is -2.42. The number of allylic oxidation sites excluding steroid dienone is 3. The molecule has 0 amide bonds. The summed E-state index contributed by atoms with van der Waals surface area (Å²) in [6.45, 7) is 5.97. The molecule has 0 bridgehead atoms. The number of carbonyl (C=O) groups is 2. The highest BCUT2D eigenvalue weighted by Crippen LogP contribution is 2.51. The molecule has 1 unspecified atom stereocenters. The lowest BCUT2D eigenvalue weighted by molar-refractivity contribution is -0.139. The number of thioether (sulfide) groups is 1. The third kappa shape index (κ3) is 5.05. The van der Waals surface area contributed by atoms with Gasteiger partial charge in [0.1, 0.15) is 11.6 Å². The molecule has 1 aliphatic heterocycles. The molecule has 2 N–H and O–H groups in total. The van der Waals surface area contributed by atoms with Gasteiger partial charge in [-0.1, -0.05) is 58.9 Å². The van der Waals surface area contributed by atoms with Crippen LogP contribution in [-0.2, 0) is 14.3 Å². The molecule has 1 aromatic carbocycles. The van der Waals surface area contributed by atoms with Gasteiger partial charge in [0.25, 0.3) is 0 Å². The number of nitriles is 1. The molecule has 0 saturated carbocycles. The van der Waals surface area contributed by atoms with E-state index in [1.807, 2.05) is 13.8 Å². The molecule has 1 aromatic heterocycles. The van der Waals surface area contributed by atoms with Crippen molar-refractivity contribution in [1.82, 2.24) is 10.2 Å². The molecule has 1 atom stereocenters. The standard InChI is InChI=1S/C24H23BrFN5O3S2/c1-4-34-18(33)11-35-23-30-29-22(36-23)31-16-8-24(2,3)9-17(32)20(16)19(14(10-27)21(31)28)13-6-5-12(25)7-15(13)26/h5-7,19H,4,8-9,11,28H2,1-3H3. The predicted octanol–water partition coefficient (Wildman–Crippen LogP) is 5.04. The number of halogens is 2. The Hall–Kier alpha value is -2.75. The number of rotatable bonds is 6. The van der Waals surface area contributed by atoms with Gasteiger partial charge < -0.3 is 10.5 Å². The number of nitrogens with zero attached hydrogens (tertiary/aromatic N) is 4. The minimum atomic E-state index is -0.927. The maximum absolute atomic E-state index is 15.1. The molecule has 2 heterocycles. The second-order valence-corrected chi connectivity index (χ2v) is 12.2. The van der Waals surface area contributed by atoms with Gasteiger partial charge in [-0.25, -0.2) is 4.39 Å². The highest BCUT2D eigenvalue weighted by molar-refractivity contribution is 9.10. The Morgan fingerprint density at radius 1 is 1.42 bits per heavy atom. The molecule has 188 valence electrons. The largest absolute Gasteiger partial charge is 0.465 e. The van der Waals surface area contributed by atoms with E-state index in [2.05, 4.69) is 32.2 Å². The molecule has 0 radical (unpaired) electrons. The number of aromatic nitrogens is 2. The zero-order chi connectivity index (χ0) is 26.2. The van der Waals surface area contributed by atoms with Crippen molar-refractivity contribution in [3.05, 3.63) is 56.7 Å². The van der Waals surface area contributed by atoms with E-state index in [0.717, 1.165) is 0 Å². The summed E-state index contributed by atoms with van der Waals surface area (Å²) in [5.74, 6) is -1.86. The number of Topliss-reactive ketones (excluding diaryl/α,β-unsaturated/α-hetero) is 1. The minimum absolute atomic E-state index is 0.0685. The first-order valence-electron chi connectivity index (χ1n) is 11.1. The van der Waals surface area contributed by atoms with E-state index < -0.39 is 11.7 Å². The summed E-state index contributed by atoms with van der Waals surface area (Å²) < 4.78 is 21.1. The van der Waals surface area contributed by atoms with Crippen LogP contribution in [-0.4, -0.2) is 34.3 Å². The molecule has 8 nitrogen and oxygen atoms in total. The fourth-order valence-corrected chi connectivity index (χ4v) is 6.46. The van der Waals surface area contributed by atoms with E-state index in [9.17, 15) is 14.9 Å². The van der Waals surface area contributed by atoms with Crippen molar-refractivity contribution in [3.8, 4) is 6.07 Å². The number of benzene rings is 1. The number of nitrogens with two attached hydrogens (primary N) is 1. The first-order chi connectivity index (χ1) is 17.1. The summed E-state index contributed by atoms with van der Waals surface area (Å²) >= 11 is 5.62. The highest BCUT2D eigenvalue weighted by atomic mass is 79.9. The van der Waals surface area contributed by atoms with Crippen LogP contribution in [0.15, 0.2) is 49.7 Å². The summed E-state index contributed by atoms with van der Waals surface area (Å²) in [5.41, 5.74) is 7.37. The fourth-order valence-electron chi connectivity index (χ4n) is 4.45. The maximum Gasteiger partial charge on any atom is 0.316 e. The van der Waals surface area contributed by atoms with Gasteiger partial charge in [0.15, 0.2) is 10.1 Å².